The molecule has 0 radical (unpaired) electrons. The third kappa shape index (κ3) is 4.65. The zero-order chi connectivity index (χ0) is 22.9. The SMILES string of the molecule is Cc1cc(C)c(Nc2nc3cnc(NC4CCC(O)CC4)nc3n2C2CCOCC2)c(F)c1. The van der Waals surface area contributed by atoms with E-state index in [4.69, 9.17) is 14.7 Å². The van der Waals surface area contributed by atoms with Crippen molar-refractivity contribution in [3.8, 4) is 0 Å². The molecule has 3 N–H and O–H groups in total. The van der Waals surface area contributed by atoms with Crippen LogP contribution in [-0.4, -0.2) is 50.0 Å². The molecule has 0 unspecified atom stereocenters. The molecule has 2 aliphatic rings. The standard InChI is InChI=1S/C24H31FN6O2/c1-14-11-15(2)21(19(25)12-14)29-24-28-20-13-26-23(27-16-3-5-18(32)6-4-16)30-22(20)31(24)17-7-9-33-10-8-17/h11-13,16-18,32H,3-10H2,1-2H3,(H,28,29)(H,26,27,30). The highest BCUT2D eigenvalue weighted by atomic mass is 19.1. The number of aryl methyl sites for hydroxylation is 2. The van der Waals surface area contributed by atoms with Crippen molar-refractivity contribution < 1.29 is 14.2 Å². The van der Waals surface area contributed by atoms with Crippen molar-refractivity contribution in [1.82, 2.24) is 19.5 Å². The van der Waals surface area contributed by atoms with E-state index in [9.17, 15) is 9.50 Å². The normalized spacial score (nSPS) is 21.9. The first-order valence-electron chi connectivity index (χ1n) is 11.8. The van der Waals surface area contributed by atoms with Crippen LogP contribution in [0.4, 0.5) is 22.0 Å². The van der Waals surface area contributed by atoms with Gasteiger partial charge in [0.1, 0.15) is 11.3 Å². The van der Waals surface area contributed by atoms with Crippen LogP contribution in [-0.2, 0) is 4.74 Å². The third-order valence-corrected chi connectivity index (χ3v) is 6.69. The predicted molar refractivity (Wildman–Crippen MR) is 125 cm³/mol. The Kier molecular flexibility index (Phi) is 6.16. The Morgan fingerprint density at radius 1 is 1.06 bits per heavy atom. The number of anilines is 3. The van der Waals surface area contributed by atoms with Gasteiger partial charge in [0.25, 0.3) is 0 Å². The highest BCUT2D eigenvalue weighted by Gasteiger charge is 2.25. The van der Waals surface area contributed by atoms with E-state index in [1.54, 1.807) is 6.20 Å². The lowest BCUT2D eigenvalue weighted by atomic mass is 9.93. The van der Waals surface area contributed by atoms with Crippen molar-refractivity contribution in [1.29, 1.82) is 0 Å². The average Bonchev–Trinajstić information content (AvgIpc) is 3.15. The number of rotatable bonds is 5. The lowest BCUT2D eigenvalue weighted by molar-refractivity contribution is 0.0710. The van der Waals surface area contributed by atoms with E-state index >= 15 is 0 Å². The Labute approximate surface area is 192 Å². The van der Waals surface area contributed by atoms with Gasteiger partial charge in [-0.2, -0.15) is 4.98 Å². The minimum atomic E-state index is -0.300. The molecule has 1 saturated carbocycles. The van der Waals surface area contributed by atoms with Gasteiger partial charge >= 0.3 is 0 Å². The first-order valence-corrected chi connectivity index (χ1v) is 11.8. The summed E-state index contributed by atoms with van der Waals surface area (Å²) < 4.78 is 22.5. The number of nitrogens with one attached hydrogen (secondary N) is 2. The van der Waals surface area contributed by atoms with Crippen LogP contribution in [0.15, 0.2) is 18.3 Å². The van der Waals surface area contributed by atoms with Crippen LogP contribution in [0.1, 0.15) is 55.7 Å². The first-order chi connectivity index (χ1) is 16.0. The van der Waals surface area contributed by atoms with E-state index < -0.39 is 0 Å². The molecule has 176 valence electrons. The van der Waals surface area contributed by atoms with Crippen LogP contribution >= 0.6 is 0 Å². The second-order valence-electron chi connectivity index (χ2n) is 9.26. The Hall–Kier alpha value is -2.78. The number of halogens is 1. The Morgan fingerprint density at radius 3 is 2.55 bits per heavy atom. The summed E-state index contributed by atoms with van der Waals surface area (Å²) in [5.41, 5.74) is 3.52. The largest absolute Gasteiger partial charge is 0.393 e. The van der Waals surface area contributed by atoms with Gasteiger partial charge in [-0.15, -0.1) is 0 Å². The van der Waals surface area contributed by atoms with Gasteiger partial charge in [0.15, 0.2) is 5.65 Å². The molecule has 0 amide bonds. The van der Waals surface area contributed by atoms with Crippen LogP contribution < -0.4 is 10.6 Å². The summed E-state index contributed by atoms with van der Waals surface area (Å²) >= 11 is 0. The molecule has 3 heterocycles. The Balaban J connectivity index is 1.51. The van der Waals surface area contributed by atoms with Gasteiger partial charge in [0.05, 0.1) is 18.0 Å². The lowest BCUT2D eigenvalue weighted by Gasteiger charge is -2.27. The average molecular weight is 455 g/mol. The molecule has 1 saturated heterocycles. The molecular weight excluding hydrogens is 423 g/mol. The second-order valence-corrected chi connectivity index (χ2v) is 9.26. The highest BCUT2D eigenvalue weighted by Crippen LogP contribution is 2.33. The van der Waals surface area contributed by atoms with E-state index in [0.717, 1.165) is 55.3 Å². The molecule has 2 aromatic heterocycles. The van der Waals surface area contributed by atoms with E-state index in [2.05, 4.69) is 20.2 Å². The third-order valence-electron chi connectivity index (χ3n) is 6.69. The van der Waals surface area contributed by atoms with Crippen LogP contribution in [0.3, 0.4) is 0 Å². The monoisotopic (exact) mass is 454 g/mol. The van der Waals surface area contributed by atoms with Crippen molar-refractivity contribution in [2.45, 2.75) is 70.6 Å². The number of aliphatic hydroxyl groups excluding tert-OH is 1. The molecule has 9 heteroatoms. The van der Waals surface area contributed by atoms with Gasteiger partial charge in [-0.3, -0.25) is 4.57 Å². The Bertz CT molecular complexity index is 1110. The number of imidazole rings is 1. The Morgan fingerprint density at radius 2 is 1.82 bits per heavy atom. The highest BCUT2D eigenvalue weighted by molar-refractivity contribution is 5.77. The van der Waals surface area contributed by atoms with Gasteiger partial charge in [0.2, 0.25) is 11.9 Å². The molecule has 5 rings (SSSR count). The van der Waals surface area contributed by atoms with E-state index in [1.807, 2.05) is 19.9 Å². The molecule has 3 aromatic rings. The first kappa shape index (κ1) is 22.0. The minimum Gasteiger partial charge on any atom is -0.393 e. The number of hydrogen-bond donors (Lipinski definition) is 3. The van der Waals surface area contributed by atoms with Gasteiger partial charge < -0.3 is 20.5 Å². The number of fused-ring (bicyclic) bond motifs is 1. The predicted octanol–water partition coefficient (Wildman–Crippen LogP) is 4.39. The smallest absolute Gasteiger partial charge is 0.224 e. The molecule has 2 fully saturated rings. The fourth-order valence-electron chi connectivity index (χ4n) is 4.93. The maximum absolute atomic E-state index is 14.8. The number of hydrogen-bond acceptors (Lipinski definition) is 7. The summed E-state index contributed by atoms with van der Waals surface area (Å²) in [7, 11) is 0. The van der Waals surface area contributed by atoms with E-state index in [1.165, 1.54) is 6.07 Å². The quantitative estimate of drug-likeness (QED) is 0.526. The van der Waals surface area contributed by atoms with Gasteiger partial charge in [-0.25, -0.2) is 14.4 Å². The zero-order valence-corrected chi connectivity index (χ0v) is 19.1. The lowest BCUT2D eigenvalue weighted by Crippen LogP contribution is -2.29. The van der Waals surface area contributed by atoms with E-state index in [-0.39, 0.29) is 24.0 Å². The molecule has 0 atom stereocenters. The molecule has 1 aliphatic carbocycles. The summed E-state index contributed by atoms with van der Waals surface area (Å²) in [6.45, 7) is 5.11. The van der Waals surface area contributed by atoms with E-state index in [0.29, 0.717) is 36.3 Å². The van der Waals surface area contributed by atoms with Crippen LogP contribution in [0.2, 0.25) is 0 Å². The van der Waals surface area contributed by atoms with Gasteiger partial charge in [-0.05, 0) is 69.6 Å². The molecule has 33 heavy (non-hydrogen) atoms. The summed E-state index contributed by atoms with van der Waals surface area (Å²) in [5.74, 6) is 0.822. The second kappa shape index (κ2) is 9.23. The van der Waals surface area contributed by atoms with Gasteiger partial charge in [0, 0.05) is 25.3 Å². The fourth-order valence-corrected chi connectivity index (χ4v) is 4.93. The topological polar surface area (TPSA) is 97.1 Å². The minimum absolute atomic E-state index is 0.146. The van der Waals surface area contributed by atoms with Crippen molar-refractivity contribution in [2.75, 3.05) is 23.8 Å². The molecule has 0 spiro atoms. The number of benzene rings is 1. The summed E-state index contributed by atoms with van der Waals surface area (Å²) in [4.78, 5) is 14.1. The molecule has 8 nitrogen and oxygen atoms in total. The number of nitrogens with zero attached hydrogens (tertiary/aromatic N) is 4. The van der Waals surface area contributed by atoms with Crippen molar-refractivity contribution in [3.05, 3.63) is 35.3 Å². The fraction of sp³-hybridized carbons (Fsp3) is 0.542. The van der Waals surface area contributed by atoms with Gasteiger partial charge in [-0.1, -0.05) is 6.07 Å². The maximum Gasteiger partial charge on any atom is 0.224 e. The molecule has 1 aliphatic heterocycles. The van der Waals surface area contributed by atoms with Crippen molar-refractivity contribution in [2.24, 2.45) is 0 Å². The summed E-state index contributed by atoms with van der Waals surface area (Å²) in [6.07, 6.45) is 6.54. The number of aromatic nitrogens is 4. The van der Waals surface area contributed by atoms with Crippen LogP contribution in [0.25, 0.3) is 11.2 Å². The number of aliphatic hydroxyl groups is 1. The van der Waals surface area contributed by atoms with Crippen LogP contribution in [0, 0.1) is 19.7 Å². The number of ether oxygens (including phenoxy) is 1. The van der Waals surface area contributed by atoms with Crippen LogP contribution in [0.5, 0.6) is 0 Å². The maximum atomic E-state index is 14.8. The summed E-state index contributed by atoms with van der Waals surface area (Å²) in [5, 5.41) is 16.5. The van der Waals surface area contributed by atoms with Crippen molar-refractivity contribution in [3.63, 3.8) is 0 Å². The summed E-state index contributed by atoms with van der Waals surface area (Å²) in [6, 6.07) is 3.87. The molecule has 1 aromatic carbocycles. The molecule has 0 bridgehead atoms. The molecular formula is C24H31FN6O2. The van der Waals surface area contributed by atoms with Crippen molar-refractivity contribution >= 4 is 28.7 Å². The zero-order valence-electron chi connectivity index (χ0n) is 19.1.